The van der Waals surface area contributed by atoms with Gasteiger partial charge in [-0.05, 0) is 18.2 Å². The second kappa shape index (κ2) is 2.67. The van der Waals surface area contributed by atoms with Crippen LogP contribution in [0.4, 0.5) is 5.69 Å². The van der Waals surface area contributed by atoms with E-state index in [1.807, 2.05) is 0 Å². The normalized spacial score (nSPS) is 19.5. The first kappa shape index (κ1) is 5.54. The van der Waals surface area contributed by atoms with E-state index in [0.29, 0.717) is 9.37 Å². The third kappa shape index (κ3) is 1.09. The Morgan fingerprint density at radius 2 is 2.23 bits per heavy atom. The quantitative estimate of drug-likeness (QED) is 0.649. The molecule has 1 heterocycles. The molecule has 0 saturated carbocycles. The van der Waals surface area contributed by atoms with Gasteiger partial charge in [0.15, 0.2) is 0 Å². The maximum absolute atomic E-state index is 11.5. The molecule has 1 aromatic carbocycles. The number of rotatable bonds is 0. The molecule has 1 aliphatic rings. The van der Waals surface area contributed by atoms with Gasteiger partial charge in [0.2, 0.25) is 0 Å². The molecule has 0 bridgehead atoms. The van der Waals surface area contributed by atoms with Crippen molar-refractivity contribution in [3.8, 4) is 0 Å². The van der Waals surface area contributed by atoms with Crippen molar-refractivity contribution in [2.24, 2.45) is 0 Å². The zero-order valence-corrected chi connectivity index (χ0v) is 7.96. The SMILES string of the molecule is [2H]C([2H])([2H])N1C(=O)C(=O)c2ccc(Br)cc21. The molecule has 1 amide bonds. The lowest BCUT2D eigenvalue weighted by Crippen LogP contribution is -2.24. The van der Waals surface area contributed by atoms with Crippen molar-refractivity contribution in [3.05, 3.63) is 28.2 Å². The van der Waals surface area contributed by atoms with Crippen LogP contribution >= 0.6 is 15.9 Å². The minimum Gasteiger partial charge on any atom is -0.308 e. The smallest absolute Gasteiger partial charge is 0.299 e. The van der Waals surface area contributed by atoms with E-state index in [9.17, 15) is 9.59 Å². The summed E-state index contributed by atoms with van der Waals surface area (Å²) < 4.78 is 22.3. The highest BCUT2D eigenvalue weighted by molar-refractivity contribution is 9.10. The topological polar surface area (TPSA) is 37.4 Å². The summed E-state index contributed by atoms with van der Waals surface area (Å²) in [5.41, 5.74) is 0.258. The highest BCUT2D eigenvalue weighted by atomic mass is 79.9. The fourth-order valence-electron chi connectivity index (χ4n) is 1.21. The molecule has 13 heavy (non-hydrogen) atoms. The second-order valence-corrected chi connectivity index (χ2v) is 3.55. The predicted molar refractivity (Wildman–Crippen MR) is 51.9 cm³/mol. The van der Waals surface area contributed by atoms with Gasteiger partial charge in [-0.15, -0.1) is 0 Å². The summed E-state index contributed by atoms with van der Waals surface area (Å²) in [6.07, 6.45) is 0. The number of nitrogens with zero attached hydrogens (tertiary/aromatic N) is 1. The fraction of sp³-hybridized carbons (Fsp3) is 0.111. The van der Waals surface area contributed by atoms with E-state index >= 15 is 0 Å². The number of hydrogen-bond acceptors (Lipinski definition) is 2. The van der Waals surface area contributed by atoms with Crippen LogP contribution in [0.5, 0.6) is 0 Å². The highest BCUT2D eigenvalue weighted by Crippen LogP contribution is 2.30. The van der Waals surface area contributed by atoms with Gasteiger partial charge < -0.3 is 4.90 Å². The van der Waals surface area contributed by atoms with Crippen molar-refractivity contribution < 1.29 is 13.7 Å². The third-order valence-corrected chi connectivity index (χ3v) is 2.34. The Morgan fingerprint density at radius 3 is 2.92 bits per heavy atom. The Bertz CT molecular complexity index is 498. The number of ketones is 1. The molecule has 4 heteroatoms. The Balaban J connectivity index is 2.65. The molecule has 0 N–H and O–H groups in total. The van der Waals surface area contributed by atoms with Crippen LogP contribution in [0.15, 0.2) is 22.7 Å². The molecule has 0 radical (unpaired) electrons. The molecule has 0 spiro atoms. The molecular weight excluding hydrogens is 234 g/mol. The van der Waals surface area contributed by atoms with Crippen LogP contribution in [0.2, 0.25) is 0 Å². The van der Waals surface area contributed by atoms with Crippen LogP contribution in [-0.4, -0.2) is 18.7 Å². The van der Waals surface area contributed by atoms with E-state index in [1.54, 1.807) is 6.07 Å². The summed E-state index contributed by atoms with van der Waals surface area (Å²) in [6, 6.07) is 4.48. The zero-order chi connectivity index (χ0) is 12.1. The second-order valence-electron chi connectivity index (χ2n) is 2.63. The number of fused-ring (bicyclic) bond motifs is 1. The van der Waals surface area contributed by atoms with Crippen molar-refractivity contribution in [1.29, 1.82) is 0 Å². The minimum absolute atomic E-state index is 0.129. The number of hydrogen-bond donors (Lipinski definition) is 0. The molecule has 1 aliphatic heterocycles. The monoisotopic (exact) mass is 242 g/mol. The number of likely N-dealkylation sites (N-methyl/N-ethyl adjacent to an activating group) is 1. The summed E-state index contributed by atoms with van der Waals surface area (Å²) in [5, 5.41) is 0. The lowest BCUT2D eigenvalue weighted by atomic mass is 10.1. The average molecular weight is 243 g/mol. The number of anilines is 1. The molecule has 2 rings (SSSR count). The van der Waals surface area contributed by atoms with Gasteiger partial charge in [0.1, 0.15) is 0 Å². The molecule has 66 valence electrons. The lowest BCUT2D eigenvalue weighted by molar-refractivity contribution is -0.114. The maximum atomic E-state index is 11.5. The fourth-order valence-corrected chi connectivity index (χ4v) is 1.56. The highest BCUT2D eigenvalue weighted by Gasteiger charge is 2.32. The van der Waals surface area contributed by atoms with Gasteiger partial charge in [-0.2, -0.15) is 0 Å². The number of carbonyl (C=O) groups excluding carboxylic acids is 2. The van der Waals surface area contributed by atoms with E-state index in [1.165, 1.54) is 12.1 Å². The molecular formula is C9H6BrNO2. The zero-order valence-electron chi connectivity index (χ0n) is 9.37. The molecule has 1 aromatic rings. The molecule has 3 nitrogen and oxygen atoms in total. The largest absolute Gasteiger partial charge is 0.308 e. The first-order chi connectivity index (χ1) is 7.32. The number of amides is 1. The van der Waals surface area contributed by atoms with Gasteiger partial charge in [0.25, 0.3) is 11.7 Å². The standard InChI is InChI=1S/C9H6BrNO2/c1-11-7-4-5(10)2-3-6(7)8(12)9(11)13/h2-4H,1H3/i1D3. The van der Waals surface area contributed by atoms with Crippen LogP contribution in [0.25, 0.3) is 0 Å². The van der Waals surface area contributed by atoms with E-state index in [4.69, 9.17) is 4.11 Å². The third-order valence-electron chi connectivity index (χ3n) is 1.84. The van der Waals surface area contributed by atoms with Crippen LogP contribution in [0.3, 0.4) is 0 Å². The molecule has 0 unspecified atom stereocenters. The maximum Gasteiger partial charge on any atom is 0.299 e. The van der Waals surface area contributed by atoms with Gasteiger partial charge >= 0.3 is 0 Å². The molecule has 0 atom stereocenters. The summed E-state index contributed by atoms with van der Waals surface area (Å²) in [6.45, 7) is -2.64. The van der Waals surface area contributed by atoms with Gasteiger partial charge in [0, 0.05) is 15.6 Å². The van der Waals surface area contributed by atoms with Crippen LogP contribution in [-0.2, 0) is 4.79 Å². The number of benzene rings is 1. The number of Topliss-reactive ketones (excluding diaryl/α,β-unsaturated/α-hetero) is 1. The number of carbonyl (C=O) groups is 2. The Morgan fingerprint density at radius 1 is 1.46 bits per heavy atom. The Kier molecular flexibility index (Phi) is 1.14. The van der Waals surface area contributed by atoms with Crippen molar-refractivity contribution in [3.63, 3.8) is 0 Å². The van der Waals surface area contributed by atoms with Crippen LogP contribution in [0, 0.1) is 0 Å². The van der Waals surface area contributed by atoms with Crippen LogP contribution in [0.1, 0.15) is 14.5 Å². The first-order valence-corrected chi connectivity index (χ1v) is 4.30. The lowest BCUT2D eigenvalue weighted by Gasteiger charge is -2.07. The van der Waals surface area contributed by atoms with E-state index in [-0.39, 0.29) is 11.3 Å². The van der Waals surface area contributed by atoms with Crippen molar-refractivity contribution in [1.82, 2.24) is 0 Å². The molecule has 0 saturated heterocycles. The predicted octanol–water partition coefficient (Wildman–Crippen LogP) is 1.61. The summed E-state index contributed by atoms with van der Waals surface area (Å²) in [5.74, 6) is -1.79. The van der Waals surface area contributed by atoms with Crippen LogP contribution < -0.4 is 4.90 Å². The van der Waals surface area contributed by atoms with Gasteiger partial charge in [-0.1, -0.05) is 15.9 Å². The van der Waals surface area contributed by atoms with Crippen molar-refractivity contribution in [2.75, 3.05) is 11.9 Å². The summed E-state index contributed by atoms with van der Waals surface area (Å²) in [7, 11) is 0. The Labute approximate surface area is 87.7 Å². The first-order valence-electron chi connectivity index (χ1n) is 5.01. The molecule has 0 aromatic heterocycles. The molecule has 0 fully saturated rings. The van der Waals surface area contributed by atoms with Crippen molar-refractivity contribution >= 4 is 33.3 Å². The van der Waals surface area contributed by atoms with E-state index in [0.717, 1.165) is 0 Å². The summed E-state index contributed by atoms with van der Waals surface area (Å²) in [4.78, 5) is 23.6. The minimum atomic E-state index is -2.64. The van der Waals surface area contributed by atoms with Gasteiger partial charge in [0.05, 0.1) is 11.3 Å². The average Bonchev–Trinajstić information content (AvgIpc) is 2.38. The van der Waals surface area contributed by atoms with Crippen molar-refractivity contribution in [2.45, 2.75) is 0 Å². The Hall–Kier alpha value is -1.16. The molecule has 0 aliphatic carbocycles. The number of halogens is 1. The van der Waals surface area contributed by atoms with Gasteiger partial charge in [-0.3, -0.25) is 9.59 Å². The summed E-state index contributed by atoms with van der Waals surface area (Å²) >= 11 is 3.17. The van der Waals surface area contributed by atoms with E-state index in [2.05, 4.69) is 15.9 Å². The van der Waals surface area contributed by atoms with E-state index < -0.39 is 18.7 Å². The van der Waals surface area contributed by atoms with Gasteiger partial charge in [-0.25, -0.2) is 0 Å².